The van der Waals surface area contributed by atoms with Crippen molar-refractivity contribution in [2.75, 3.05) is 20.3 Å². The van der Waals surface area contributed by atoms with Gasteiger partial charge in [-0.3, -0.25) is 0 Å². The van der Waals surface area contributed by atoms with Crippen molar-refractivity contribution >= 4 is 0 Å². The van der Waals surface area contributed by atoms with Crippen molar-refractivity contribution in [3.8, 4) is 28.4 Å². The van der Waals surface area contributed by atoms with Gasteiger partial charge in [-0.15, -0.1) is 0 Å². The number of benzene rings is 2. The van der Waals surface area contributed by atoms with Crippen molar-refractivity contribution in [1.29, 1.82) is 0 Å². The molecule has 4 heteroatoms. The Morgan fingerprint density at radius 3 is 2.76 bits per heavy atom. The first-order chi connectivity index (χ1) is 10.3. The molecule has 110 valence electrons. The average Bonchev–Trinajstić information content (AvgIpc) is 2.54. The van der Waals surface area contributed by atoms with Crippen LogP contribution in [0, 0.1) is 0 Å². The van der Waals surface area contributed by atoms with Crippen LogP contribution >= 0.6 is 0 Å². The molecule has 1 aliphatic heterocycles. The van der Waals surface area contributed by atoms with Gasteiger partial charge < -0.3 is 19.9 Å². The highest BCUT2D eigenvalue weighted by molar-refractivity contribution is 5.78. The van der Waals surface area contributed by atoms with Crippen LogP contribution in [0.4, 0.5) is 0 Å². The number of para-hydroxylation sites is 2. The number of rotatable bonds is 4. The summed E-state index contributed by atoms with van der Waals surface area (Å²) >= 11 is 0. The van der Waals surface area contributed by atoms with Crippen LogP contribution in [0.15, 0.2) is 42.5 Å². The minimum atomic E-state index is -0.00152. The van der Waals surface area contributed by atoms with Crippen LogP contribution in [0.5, 0.6) is 17.2 Å². The molecule has 0 saturated carbocycles. The van der Waals surface area contributed by atoms with E-state index in [-0.39, 0.29) is 6.10 Å². The van der Waals surface area contributed by atoms with E-state index in [4.69, 9.17) is 19.9 Å². The third kappa shape index (κ3) is 2.67. The van der Waals surface area contributed by atoms with Gasteiger partial charge in [0.15, 0.2) is 11.5 Å². The lowest BCUT2D eigenvalue weighted by atomic mass is 10.0. The standard InChI is InChI=1S/C17H19NO3/c1-19-15-7-3-2-5-13(15)14-6-4-8-16-17(14)21-12(9-10-18)11-20-16/h2-8,12H,9-11,18H2,1H3. The molecule has 4 nitrogen and oxygen atoms in total. The third-order valence-electron chi connectivity index (χ3n) is 3.57. The van der Waals surface area contributed by atoms with E-state index in [0.717, 1.165) is 34.8 Å². The highest BCUT2D eigenvalue weighted by Gasteiger charge is 2.24. The number of hydrogen-bond acceptors (Lipinski definition) is 4. The molecule has 1 aliphatic rings. The van der Waals surface area contributed by atoms with Crippen LogP contribution < -0.4 is 19.9 Å². The Bertz CT molecular complexity index is 627. The Balaban J connectivity index is 2.04. The van der Waals surface area contributed by atoms with Gasteiger partial charge in [-0.2, -0.15) is 0 Å². The average molecular weight is 285 g/mol. The first-order valence-electron chi connectivity index (χ1n) is 7.09. The molecule has 2 aromatic rings. The Morgan fingerprint density at radius 2 is 1.95 bits per heavy atom. The maximum atomic E-state index is 6.10. The summed E-state index contributed by atoms with van der Waals surface area (Å²) in [6.45, 7) is 1.12. The fourth-order valence-electron chi connectivity index (χ4n) is 2.54. The monoisotopic (exact) mass is 285 g/mol. The fraction of sp³-hybridized carbons (Fsp3) is 0.294. The zero-order valence-corrected chi connectivity index (χ0v) is 12.0. The smallest absolute Gasteiger partial charge is 0.169 e. The molecule has 0 bridgehead atoms. The van der Waals surface area contributed by atoms with E-state index in [2.05, 4.69) is 0 Å². The molecule has 0 aliphatic carbocycles. The van der Waals surface area contributed by atoms with E-state index in [0.29, 0.717) is 13.2 Å². The zero-order chi connectivity index (χ0) is 14.7. The van der Waals surface area contributed by atoms with Crippen LogP contribution in [0.25, 0.3) is 11.1 Å². The minimum Gasteiger partial charge on any atom is -0.496 e. The highest BCUT2D eigenvalue weighted by atomic mass is 16.6. The van der Waals surface area contributed by atoms with Crippen molar-refractivity contribution in [1.82, 2.24) is 0 Å². The molecule has 0 amide bonds. The molecule has 0 saturated heterocycles. The van der Waals surface area contributed by atoms with E-state index in [9.17, 15) is 0 Å². The van der Waals surface area contributed by atoms with Gasteiger partial charge in [0.2, 0.25) is 0 Å². The molecule has 0 spiro atoms. The van der Waals surface area contributed by atoms with Gasteiger partial charge in [-0.05, 0) is 25.1 Å². The molecular weight excluding hydrogens is 266 g/mol. The van der Waals surface area contributed by atoms with Gasteiger partial charge in [0.25, 0.3) is 0 Å². The summed E-state index contributed by atoms with van der Waals surface area (Å²) in [6.07, 6.45) is 0.776. The predicted octanol–water partition coefficient (Wildman–Crippen LogP) is 2.85. The van der Waals surface area contributed by atoms with Crippen LogP contribution in [0.2, 0.25) is 0 Å². The maximum Gasteiger partial charge on any atom is 0.169 e. The molecule has 1 unspecified atom stereocenters. The third-order valence-corrected chi connectivity index (χ3v) is 3.57. The largest absolute Gasteiger partial charge is 0.496 e. The lowest BCUT2D eigenvalue weighted by molar-refractivity contribution is 0.0873. The van der Waals surface area contributed by atoms with E-state index in [1.807, 2.05) is 42.5 Å². The summed E-state index contributed by atoms with van der Waals surface area (Å²) < 4.78 is 17.3. The van der Waals surface area contributed by atoms with Gasteiger partial charge in [-0.1, -0.05) is 30.3 Å². The van der Waals surface area contributed by atoms with Gasteiger partial charge in [-0.25, -0.2) is 0 Å². The summed E-state index contributed by atoms with van der Waals surface area (Å²) in [6, 6.07) is 13.8. The van der Waals surface area contributed by atoms with E-state index in [1.165, 1.54) is 0 Å². The molecule has 1 atom stereocenters. The van der Waals surface area contributed by atoms with E-state index < -0.39 is 0 Å². The first kappa shape index (κ1) is 13.8. The Labute approximate surface area is 124 Å². The number of methoxy groups -OCH3 is 1. The Morgan fingerprint density at radius 1 is 1.14 bits per heavy atom. The molecule has 0 fully saturated rings. The van der Waals surface area contributed by atoms with Crippen LogP contribution in [0.3, 0.4) is 0 Å². The Kier molecular flexibility index (Phi) is 3.97. The second kappa shape index (κ2) is 6.06. The summed E-state index contributed by atoms with van der Waals surface area (Å²) in [7, 11) is 1.67. The van der Waals surface area contributed by atoms with Gasteiger partial charge >= 0.3 is 0 Å². The van der Waals surface area contributed by atoms with Crippen LogP contribution in [-0.2, 0) is 0 Å². The summed E-state index contributed by atoms with van der Waals surface area (Å²) in [5.74, 6) is 2.36. The zero-order valence-electron chi connectivity index (χ0n) is 12.0. The van der Waals surface area contributed by atoms with Crippen molar-refractivity contribution in [2.45, 2.75) is 12.5 Å². The van der Waals surface area contributed by atoms with Gasteiger partial charge in [0, 0.05) is 11.1 Å². The SMILES string of the molecule is COc1ccccc1-c1cccc2c1OC(CCN)CO2. The number of fused-ring (bicyclic) bond motifs is 1. The lowest BCUT2D eigenvalue weighted by Gasteiger charge is -2.28. The minimum absolute atomic E-state index is 0.00152. The summed E-state index contributed by atoms with van der Waals surface area (Å²) in [5, 5.41) is 0. The normalized spacial score (nSPS) is 16.6. The van der Waals surface area contributed by atoms with Gasteiger partial charge in [0.05, 0.1) is 7.11 Å². The second-order valence-electron chi connectivity index (χ2n) is 4.96. The molecule has 1 heterocycles. The topological polar surface area (TPSA) is 53.7 Å². The molecule has 2 aromatic carbocycles. The second-order valence-corrected chi connectivity index (χ2v) is 4.96. The van der Waals surface area contributed by atoms with Gasteiger partial charge in [0.1, 0.15) is 18.5 Å². The van der Waals surface area contributed by atoms with Crippen molar-refractivity contribution in [2.24, 2.45) is 5.73 Å². The summed E-state index contributed by atoms with van der Waals surface area (Å²) in [5.41, 5.74) is 7.59. The molecule has 2 N–H and O–H groups in total. The fourth-order valence-corrected chi connectivity index (χ4v) is 2.54. The molecule has 0 radical (unpaired) electrons. The van der Waals surface area contributed by atoms with Crippen molar-refractivity contribution < 1.29 is 14.2 Å². The molecule has 0 aromatic heterocycles. The maximum absolute atomic E-state index is 6.10. The summed E-state index contributed by atoms with van der Waals surface area (Å²) in [4.78, 5) is 0. The predicted molar refractivity (Wildman–Crippen MR) is 82.0 cm³/mol. The number of nitrogens with two attached hydrogens (primary N) is 1. The lowest BCUT2D eigenvalue weighted by Crippen LogP contribution is -2.31. The molecular formula is C17H19NO3. The van der Waals surface area contributed by atoms with Crippen molar-refractivity contribution in [3.05, 3.63) is 42.5 Å². The van der Waals surface area contributed by atoms with E-state index in [1.54, 1.807) is 7.11 Å². The molecule has 3 rings (SSSR count). The molecule has 21 heavy (non-hydrogen) atoms. The quantitative estimate of drug-likeness (QED) is 0.938. The Hall–Kier alpha value is -2.20. The first-order valence-corrected chi connectivity index (χ1v) is 7.09. The highest BCUT2D eigenvalue weighted by Crippen LogP contribution is 2.43. The number of ether oxygens (including phenoxy) is 3. The van der Waals surface area contributed by atoms with Crippen molar-refractivity contribution in [3.63, 3.8) is 0 Å². The van der Waals surface area contributed by atoms with Crippen LogP contribution in [-0.4, -0.2) is 26.4 Å². The van der Waals surface area contributed by atoms with E-state index >= 15 is 0 Å². The van der Waals surface area contributed by atoms with Crippen LogP contribution in [0.1, 0.15) is 6.42 Å². The number of hydrogen-bond donors (Lipinski definition) is 1.